The van der Waals surface area contributed by atoms with Crippen molar-refractivity contribution < 1.29 is 4.79 Å². The molecule has 2 saturated heterocycles. The topological polar surface area (TPSA) is 78.0 Å². The molecule has 3 fully saturated rings. The van der Waals surface area contributed by atoms with Crippen molar-refractivity contribution in [1.82, 2.24) is 25.1 Å². The lowest BCUT2D eigenvalue weighted by Crippen LogP contribution is -2.39. The molecule has 1 unspecified atom stereocenters. The number of hydrogen-bond acceptors (Lipinski definition) is 5. The number of aromatic nitrogens is 4. The van der Waals surface area contributed by atoms with Gasteiger partial charge in [-0.3, -0.25) is 9.89 Å². The monoisotopic (exact) mass is 408 g/mol. The number of amides is 1. The van der Waals surface area contributed by atoms with Crippen LogP contribution in [0.25, 0.3) is 11.3 Å². The molecule has 1 N–H and O–H groups in total. The Kier molecular flexibility index (Phi) is 5.69. The summed E-state index contributed by atoms with van der Waals surface area (Å²) in [6, 6.07) is 1.97. The highest BCUT2D eigenvalue weighted by Crippen LogP contribution is 2.34. The molecule has 2 aromatic heterocycles. The molecular formula is C23H32N6O. The summed E-state index contributed by atoms with van der Waals surface area (Å²) in [5, 5.41) is 7.59. The number of piperidine rings is 1. The molecule has 5 rings (SSSR count). The Morgan fingerprint density at radius 1 is 1.07 bits per heavy atom. The molecule has 7 nitrogen and oxygen atoms in total. The van der Waals surface area contributed by atoms with E-state index in [-0.39, 0.29) is 5.92 Å². The first-order valence-corrected chi connectivity index (χ1v) is 11.7. The van der Waals surface area contributed by atoms with Crippen LogP contribution < -0.4 is 4.90 Å². The second-order valence-corrected chi connectivity index (χ2v) is 9.17. The Bertz CT molecular complexity index is 868. The lowest BCUT2D eigenvalue weighted by molar-refractivity contribution is -0.133. The molecule has 2 aromatic rings. The Labute approximate surface area is 178 Å². The van der Waals surface area contributed by atoms with Gasteiger partial charge in [-0.25, -0.2) is 9.97 Å². The lowest BCUT2D eigenvalue weighted by Gasteiger charge is -2.33. The van der Waals surface area contributed by atoms with E-state index in [1.54, 1.807) is 0 Å². The van der Waals surface area contributed by atoms with Crippen LogP contribution in [-0.4, -0.2) is 57.2 Å². The van der Waals surface area contributed by atoms with Gasteiger partial charge in [-0.1, -0.05) is 12.8 Å². The quantitative estimate of drug-likeness (QED) is 0.815. The molecule has 3 aliphatic rings. The molecule has 1 atom stereocenters. The minimum absolute atomic E-state index is 0.286. The standard InChI is InChI=1S/C23H32N6O/c30-21(14-17-6-1-2-7-17)29-13-5-8-18(16-29)22-19(15-25-27-22)20-9-10-24-23(26-20)28-11-3-4-12-28/h9-10,15,17-18H,1-8,11-14,16H2,(H,25,27). The molecule has 0 bridgehead atoms. The Balaban J connectivity index is 1.31. The number of nitrogens with one attached hydrogen (secondary N) is 1. The summed E-state index contributed by atoms with van der Waals surface area (Å²) in [4.78, 5) is 26.6. The summed E-state index contributed by atoms with van der Waals surface area (Å²) in [5.41, 5.74) is 3.08. The average Bonchev–Trinajstić information content (AvgIpc) is 3.56. The maximum Gasteiger partial charge on any atom is 0.225 e. The van der Waals surface area contributed by atoms with Gasteiger partial charge >= 0.3 is 0 Å². The van der Waals surface area contributed by atoms with Crippen LogP contribution in [0.5, 0.6) is 0 Å². The average molecular weight is 409 g/mol. The first-order chi connectivity index (χ1) is 14.8. The fourth-order valence-electron chi connectivity index (χ4n) is 5.41. The van der Waals surface area contributed by atoms with Crippen molar-refractivity contribution in [1.29, 1.82) is 0 Å². The van der Waals surface area contributed by atoms with E-state index in [2.05, 4.69) is 25.0 Å². The molecule has 160 valence electrons. The highest BCUT2D eigenvalue weighted by atomic mass is 16.2. The molecule has 30 heavy (non-hydrogen) atoms. The SMILES string of the molecule is O=C(CC1CCCC1)N1CCCC(c2[nH]ncc2-c2ccnc(N3CCCC3)n2)C1. The van der Waals surface area contributed by atoms with Gasteiger partial charge in [0.2, 0.25) is 11.9 Å². The molecule has 2 aliphatic heterocycles. The van der Waals surface area contributed by atoms with Crippen molar-refractivity contribution in [2.75, 3.05) is 31.1 Å². The fraction of sp³-hybridized carbons (Fsp3) is 0.652. The predicted octanol–water partition coefficient (Wildman–Crippen LogP) is 3.75. The second-order valence-electron chi connectivity index (χ2n) is 9.17. The zero-order chi connectivity index (χ0) is 20.3. The highest BCUT2D eigenvalue weighted by Gasteiger charge is 2.30. The van der Waals surface area contributed by atoms with Gasteiger partial charge in [-0.2, -0.15) is 5.10 Å². The maximum absolute atomic E-state index is 12.9. The van der Waals surface area contributed by atoms with Crippen LogP contribution in [0.4, 0.5) is 5.95 Å². The van der Waals surface area contributed by atoms with Crippen molar-refractivity contribution in [2.45, 2.75) is 63.7 Å². The number of aromatic amines is 1. The van der Waals surface area contributed by atoms with E-state index in [0.29, 0.717) is 11.8 Å². The number of nitrogens with zero attached hydrogens (tertiary/aromatic N) is 5. The van der Waals surface area contributed by atoms with Gasteiger partial charge in [0, 0.05) is 56.0 Å². The molecule has 0 aromatic carbocycles. The Morgan fingerprint density at radius 2 is 1.90 bits per heavy atom. The normalized spacial score (nSPS) is 22.7. The minimum Gasteiger partial charge on any atom is -0.342 e. The first kappa shape index (κ1) is 19.5. The summed E-state index contributed by atoms with van der Waals surface area (Å²) in [7, 11) is 0. The third-order valence-corrected chi connectivity index (χ3v) is 7.10. The van der Waals surface area contributed by atoms with Crippen LogP contribution in [0, 0.1) is 5.92 Å². The van der Waals surface area contributed by atoms with Gasteiger partial charge in [-0.05, 0) is 50.5 Å². The van der Waals surface area contributed by atoms with Crippen LogP contribution in [0.1, 0.15) is 69.4 Å². The van der Waals surface area contributed by atoms with Crippen molar-refractivity contribution in [3.8, 4) is 11.3 Å². The molecule has 0 spiro atoms. The molecule has 7 heteroatoms. The van der Waals surface area contributed by atoms with Crippen molar-refractivity contribution >= 4 is 11.9 Å². The molecule has 1 amide bonds. The molecular weight excluding hydrogens is 376 g/mol. The first-order valence-electron chi connectivity index (χ1n) is 11.7. The third kappa shape index (κ3) is 4.07. The third-order valence-electron chi connectivity index (χ3n) is 7.10. The van der Waals surface area contributed by atoms with Crippen molar-refractivity contribution in [3.05, 3.63) is 24.2 Å². The maximum atomic E-state index is 12.9. The van der Waals surface area contributed by atoms with E-state index in [1.807, 2.05) is 18.5 Å². The van der Waals surface area contributed by atoms with E-state index < -0.39 is 0 Å². The zero-order valence-electron chi connectivity index (χ0n) is 17.7. The molecule has 1 aliphatic carbocycles. The van der Waals surface area contributed by atoms with Crippen LogP contribution in [0.2, 0.25) is 0 Å². The molecule has 0 radical (unpaired) electrons. The summed E-state index contributed by atoms with van der Waals surface area (Å²) in [6.07, 6.45) is 14.0. The molecule has 1 saturated carbocycles. The van der Waals surface area contributed by atoms with Gasteiger partial charge in [0.25, 0.3) is 0 Å². The van der Waals surface area contributed by atoms with E-state index in [9.17, 15) is 4.79 Å². The minimum atomic E-state index is 0.286. The van der Waals surface area contributed by atoms with Crippen LogP contribution >= 0.6 is 0 Å². The van der Waals surface area contributed by atoms with Gasteiger partial charge in [-0.15, -0.1) is 0 Å². The fourth-order valence-corrected chi connectivity index (χ4v) is 5.41. The number of H-pyrrole nitrogens is 1. The second kappa shape index (κ2) is 8.74. The summed E-state index contributed by atoms with van der Waals surface area (Å²) >= 11 is 0. The van der Waals surface area contributed by atoms with Gasteiger partial charge in [0.15, 0.2) is 0 Å². The van der Waals surface area contributed by atoms with Gasteiger partial charge in [0.05, 0.1) is 11.9 Å². The summed E-state index contributed by atoms with van der Waals surface area (Å²) in [5.74, 6) is 2.04. The predicted molar refractivity (Wildman–Crippen MR) is 116 cm³/mol. The number of likely N-dealkylation sites (tertiary alicyclic amines) is 1. The van der Waals surface area contributed by atoms with Crippen LogP contribution in [0.15, 0.2) is 18.5 Å². The number of anilines is 1. The van der Waals surface area contributed by atoms with E-state index in [0.717, 1.165) is 68.3 Å². The number of carbonyl (C=O) groups is 1. The lowest BCUT2D eigenvalue weighted by atomic mass is 9.91. The van der Waals surface area contributed by atoms with Crippen LogP contribution in [0.3, 0.4) is 0 Å². The number of carbonyl (C=O) groups excluding carboxylic acids is 1. The Hall–Kier alpha value is -2.44. The smallest absolute Gasteiger partial charge is 0.225 e. The van der Waals surface area contributed by atoms with E-state index >= 15 is 0 Å². The van der Waals surface area contributed by atoms with Gasteiger partial charge < -0.3 is 9.80 Å². The zero-order valence-corrected chi connectivity index (χ0v) is 17.7. The summed E-state index contributed by atoms with van der Waals surface area (Å²) < 4.78 is 0. The number of hydrogen-bond donors (Lipinski definition) is 1. The number of rotatable bonds is 5. The molecule has 4 heterocycles. The van der Waals surface area contributed by atoms with Crippen molar-refractivity contribution in [3.63, 3.8) is 0 Å². The van der Waals surface area contributed by atoms with E-state index in [4.69, 9.17) is 4.98 Å². The van der Waals surface area contributed by atoms with E-state index in [1.165, 1.54) is 38.5 Å². The van der Waals surface area contributed by atoms with Gasteiger partial charge in [0.1, 0.15) is 0 Å². The van der Waals surface area contributed by atoms with Crippen molar-refractivity contribution in [2.24, 2.45) is 5.92 Å². The van der Waals surface area contributed by atoms with Crippen LogP contribution in [-0.2, 0) is 4.79 Å². The highest BCUT2D eigenvalue weighted by molar-refractivity contribution is 5.76. The Morgan fingerprint density at radius 3 is 2.73 bits per heavy atom. The largest absolute Gasteiger partial charge is 0.342 e. The summed E-state index contributed by atoms with van der Waals surface area (Å²) in [6.45, 7) is 3.73.